The zero-order chi connectivity index (χ0) is 14.6. The van der Waals surface area contributed by atoms with Crippen LogP contribution in [0.25, 0.3) is 0 Å². The number of aliphatic hydroxyl groups is 1. The Kier molecular flexibility index (Phi) is 5.65. The van der Waals surface area contributed by atoms with Gasteiger partial charge in [-0.3, -0.25) is 4.79 Å². The SMILES string of the molecule is CC(C)(C)C(CCO)NC(=O)c1c(Cl)cccc1Cl. The van der Waals surface area contributed by atoms with Gasteiger partial charge in [-0.25, -0.2) is 0 Å². The summed E-state index contributed by atoms with van der Waals surface area (Å²) < 4.78 is 0. The van der Waals surface area contributed by atoms with Crippen molar-refractivity contribution in [1.82, 2.24) is 5.32 Å². The van der Waals surface area contributed by atoms with E-state index in [2.05, 4.69) is 5.32 Å². The molecule has 1 aromatic carbocycles. The number of carbonyl (C=O) groups is 1. The van der Waals surface area contributed by atoms with E-state index in [0.717, 1.165) is 0 Å². The molecule has 0 radical (unpaired) electrons. The van der Waals surface area contributed by atoms with Crippen molar-refractivity contribution in [3.63, 3.8) is 0 Å². The zero-order valence-electron chi connectivity index (χ0n) is 11.3. The Balaban J connectivity index is 2.95. The van der Waals surface area contributed by atoms with Gasteiger partial charge in [0.2, 0.25) is 0 Å². The van der Waals surface area contributed by atoms with Crippen molar-refractivity contribution in [3.8, 4) is 0 Å². The van der Waals surface area contributed by atoms with Crippen molar-refractivity contribution < 1.29 is 9.90 Å². The number of hydrogen-bond acceptors (Lipinski definition) is 2. The van der Waals surface area contributed by atoms with Gasteiger partial charge in [-0.05, 0) is 24.0 Å². The minimum atomic E-state index is -0.316. The standard InChI is InChI=1S/C14H19Cl2NO2/c1-14(2,3)11(7-8-18)17-13(19)12-9(15)5-4-6-10(12)16/h4-6,11,18H,7-8H2,1-3H3,(H,17,19). The average Bonchev–Trinajstić information content (AvgIpc) is 2.27. The van der Waals surface area contributed by atoms with E-state index >= 15 is 0 Å². The molecule has 0 aliphatic heterocycles. The normalized spacial score (nSPS) is 13.2. The summed E-state index contributed by atoms with van der Waals surface area (Å²) in [7, 11) is 0. The van der Waals surface area contributed by atoms with E-state index in [-0.39, 0.29) is 29.5 Å². The molecule has 2 N–H and O–H groups in total. The van der Waals surface area contributed by atoms with Gasteiger partial charge >= 0.3 is 0 Å². The second-order valence-corrected chi connectivity index (χ2v) is 6.32. The van der Waals surface area contributed by atoms with E-state index < -0.39 is 0 Å². The fraction of sp³-hybridized carbons (Fsp3) is 0.500. The molecule has 0 aromatic heterocycles. The zero-order valence-corrected chi connectivity index (χ0v) is 12.8. The molecule has 1 rings (SSSR count). The summed E-state index contributed by atoms with van der Waals surface area (Å²) in [6, 6.07) is 4.79. The molecule has 0 saturated carbocycles. The first-order chi connectivity index (χ1) is 8.77. The first-order valence-electron chi connectivity index (χ1n) is 6.13. The van der Waals surface area contributed by atoms with E-state index in [4.69, 9.17) is 28.3 Å². The molecule has 106 valence electrons. The molecule has 0 heterocycles. The van der Waals surface area contributed by atoms with Crippen LogP contribution in [0.1, 0.15) is 37.6 Å². The molecule has 0 aliphatic carbocycles. The van der Waals surface area contributed by atoms with Gasteiger partial charge in [-0.15, -0.1) is 0 Å². The minimum absolute atomic E-state index is 0.0124. The monoisotopic (exact) mass is 303 g/mol. The van der Waals surface area contributed by atoms with Crippen molar-refractivity contribution in [2.45, 2.75) is 33.2 Å². The predicted octanol–water partition coefficient (Wildman–Crippen LogP) is 3.52. The molecular formula is C14H19Cl2NO2. The maximum atomic E-state index is 12.3. The van der Waals surface area contributed by atoms with Crippen LogP contribution >= 0.6 is 23.2 Å². The van der Waals surface area contributed by atoms with Crippen LogP contribution in [0, 0.1) is 5.41 Å². The van der Waals surface area contributed by atoms with Crippen LogP contribution in [0.2, 0.25) is 10.0 Å². The summed E-state index contributed by atoms with van der Waals surface area (Å²) in [6.07, 6.45) is 0.483. The molecule has 1 atom stereocenters. The Bertz CT molecular complexity index is 435. The molecule has 0 aliphatic rings. The van der Waals surface area contributed by atoms with Gasteiger partial charge in [0.25, 0.3) is 5.91 Å². The highest BCUT2D eigenvalue weighted by Gasteiger charge is 2.27. The maximum absolute atomic E-state index is 12.3. The quantitative estimate of drug-likeness (QED) is 0.894. The Morgan fingerprint density at radius 1 is 1.32 bits per heavy atom. The topological polar surface area (TPSA) is 49.3 Å². The third kappa shape index (κ3) is 4.37. The number of rotatable bonds is 4. The fourth-order valence-electron chi connectivity index (χ4n) is 1.80. The Hall–Kier alpha value is -0.770. The summed E-state index contributed by atoms with van der Waals surface area (Å²) in [5.74, 6) is -0.316. The first-order valence-corrected chi connectivity index (χ1v) is 6.88. The van der Waals surface area contributed by atoms with Gasteiger partial charge < -0.3 is 10.4 Å². The third-order valence-electron chi connectivity index (χ3n) is 2.96. The predicted molar refractivity (Wildman–Crippen MR) is 78.9 cm³/mol. The molecule has 0 spiro atoms. The van der Waals surface area contributed by atoms with Crippen molar-refractivity contribution in [3.05, 3.63) is 33.8 Å². The smallest absolute Gasteiger partial charge is 0.254 e. The lowest BCUT2D eigenvalue weighted by Crippen LogP contribution is -2.44. The van der Waals surface area contributed by atoms with E-state index in [9.17, 15) is 4.79 Å². The van der Waals surface area contributed by atoms with E-state index in [1.165, 1.54) is 0 Å². The number of carbonyl (C=O) groups excluding carboxylic acids is 1. The highest BCUT2D eigenvalue weighted by molar-refractivity contribution is 6.39. The number of halogens is 2. The van der Waals surface area contributed by atoms with Crippen LogP contribution in [0.5, 0.6) is 0 Å². The molecule has 19 heavy (non-hydrogen) atoms. The summed E-state index contributed by atoms with van der Waals surface area (Å²) in [5.41, 5.74) is 0.115. The summed E-state index contributed by atoms with van der Waals surface area (Å²) >= 11 is 12.0. The number of benzene rings is 1. The van der Waals surface area contributed by atoms with Crippen LogP contribution in [0.3, 0.4) is 0 Å². The molecule has 5 heteroatoms. The first kappa shape index (κ1) is 16.3. The van der Waals surface area contributed by atoms with E-state index in [0.29, 0.717) is 16.5 Å². The van der Waals surface area contributed by atoms with E-state index in [1.54, 1.807) is 18.2 Å². The highest BCUT2D eigenvalue weighted by Crippen LogP contribution is 2.26. The van der Waals surface area contributed by atoms with Crippen LogP contribution in [0.15, 0.2) is 18.2 Å². The molecule has 0 bridgehead atoms. The molecule has 0 fully saturated rings. The lowest BCUT2D eigenvalue weighted by Gasteiger charge is -2.31. The van der Waals surface area contributed by atoms with Crippen molar-refractivity contribution in [2.24, 2.45) is 5.41 Å². The van der Waals surface area contributed by atoms with Crippen molar-refractivity contribution in [2.75, 3.05) is 6.61 Å². The van der Waals surface area contributed by atoms with Crippen LogP contribution in [-0.2, 0) is 0 Å². The van der Waals surface area contributed by atoms with Crippen LogP contribution < -0.4 is 5.32 Å². The number of amides is 1. The Morgan fingerprint density at radius 2 is 1.84 bits per heavy atom. The number of hydrogen-bond donors (Lipinski definition) is 2. The van der Waals surface area contributed by atoms with Gasteiger partial charge in [0.15, 0.2) is 0 Å². The van der Waals surface area contributed by atoms with Gasteiger partial charge in [0.1, 0.15) is 0 Å². The number of nitrogens with one attached hydrogen (secondary N) is 1. The Morgan fingerprint density at radius 3 is 2.26 bits per heavy atom. The summed E-state index contributed by atoms with van der Waals surface area (Å²) in [4.78, 5) is 12.3. The van der Waals surface area contributed by atoms with Crippen molar-refractivity contribution >= 4 is 29.1 Å². The second kappa shape index (κ2) is 6.60. The van der Waals surface area contributed by atoms with Crippen molar-refractivity contribution in [1.29, 1.82) is 0 Å². The average molecular weight is 304 g/mol. The summed E-state index contributed by atoms with van der Waals surface area (Å²) in [6.45, 7) is 6.02. The molecule has 0 saturated heterocycles. The number of aliphatic hydroxyl groups excluding tert-OH is 1. The molecule has 1 amide bonds. The Labute approximate surface area is 123 Å². The van der Waals surface area contributed by atoms with Gasteiger partial charge in [-0.2, -0.15) is 0 Å². The van der Waals surface area contributed by atoms with Gasteiger partial charge in [-0.1, -0.05) is 50.0 Å². The second-order valence-electron chi connectivity index (χ2n) is 5.50. The molecule has 1 unspecified atom stereocenters. The molecule has 3 nitrogen and oxygen atoms in total. The lowest BCUT2D eigenvalue weighted by molar-refractivity contribution is 0.0885. The van der Waals surface area contributed by atoms with Crippen LogP contribution in [0.4, 0.5) is 0 Å². The molecular weight excluding hydrogens is 285 g/mol. The van der Waals surface area contributed by atoms with Gasteiger partial charge in [0.05, 0.1) is 15.6 Å². The minimum Gasteiger partial charge on any atom is -0.396 e. The van der Waals surface area contributed by atoms with E-state index in [1.807, 2.05) is 20.8 Å². The largest absolute Gasteiger partial charge is 0.396 e. The lowest BCUT2D eigenvalue weighted by atomic mass is 9.84. The van der Waals surface area contributed by atoms with Gasteiger partial charge in [0, 0.05) is 12.6 Å². The highest BCUT2D eigenvalue weighted by atomic mass is 35.5. The van der Waals surface area contributed by atoms with Crippen LogP contribution in [-0.4, -0.2) is 23.7 Å². The summed E-state index contributed by atoms with van der Waals surface area (Å²) in [5, 5.41) is 12.6. The third-order valence-corrected chi connectivity index (χ3v) is 3.59. The fourth-order valence-corrected chi connectivity index (χ4v) is 2.37. The molecule has 1 aromatic rings. The maximum Gasteiger partial charge on any atom is 0.254 e.